The third-order valence-corrected chi connectivity index (χ3v) is 4.57. The first-order chi connectivity index (χ1) is 11.5. The van der Waals surface area contributed by atoms with E-state index in [0.717, 1.165) is 36.9 Å². The van der Waals surface area contributed by atoms with Crippen LogP contribution >= 0.6 is 0 Å². The lowest BCUT2D eigenvalue weighted by Gasteiger charge is -2.30. The molecule has 3 rings (SSSR count). The topological polar surface area (TPSA) is 58.6 Å². The lowest BCUT2D eigenvalue weighted by Crippen LogP contribution is -2.39. The SMILES string of the molecule is C=C(C)CN1C(=O)COc2cc(NC(=O)C3CCCCC3)ccc21. The van der Waals surface area contributed by atoms with E-state index < -0.39 is 0 Å². The van der Waals surface area contributed by atoms with Crippen molar-refractivity contribution in [3.63, 3.8) is 0 Å². The molecule has 2 amide bonds. The summed E-state index contributed by atoms with van der Waals surface area (Å²) < 4.78 is 5.54. The number of carbonyl (C=O) groups is 2. The summed E-state index contributed by atoms with van der Waals surface area (Å²) >= 11 is 0. The van der Waals surface area contributed by atoms with E-state index in [1.807, 2.05) is 19.1 Å². The number of hydrogen-bond acceptors (Lipinski definition) is 3. The summed E-state index contributed by atoms with van der Waals surface area (Å²) in [7, 11) is 0. The summed E-state index contributed by atoms with van der Waals surface area (Å²) in [6.45, 7) is 6.25. The molecule has 2 aliphatic rings. The first-order valence-electron chi connectivity index (χ1n) is 8.57. The van der Waals surface area contributed by atoms with Gasteiger partial charge in [-0.3, -0.25) is 9.59 Å². The van der Waals surface area contributed by atoms with Gasteiger partial charge in [-0.25, -0.2) is 0 Å². The Morgan fingerprint density at radius 2 is 2.08 bits per heavy atom. The van der Waals surface area contributed by atoms with Crippen molar-refractivity contribution < 1.29 is 14.3 Å². The molecule has 1 aliphatic carbocycles. The number of rotatable bonds is 4. The minimum Gasteiger partial charge on any atom is -0.481 e. The zero-order valence-electron chi connectivity index (χ0n) is 14.1. The van der Waals surface area contributed by atoms with Crippen LogP contribution < -0.4 is 15.0 Å². The quantitative estimate of drug-likeness (QED) is 0.861. The Morgan fingerprint density at radius 3 is 2.79 bits per heavy atom. The fourth-order valence-corrected chi connectivity index (χ4v) is 3.33. The predicted molar refractivity (Wildman–Crippen MR) is 94.3 cm³/mol. The third-order valence-electron chi connectivity index (χ3n) is 4.57. The Bertz CT molecular complexity index is 663. The Hall–Kier alpha value is -2.30. The summed E-state index contributed by atoms with van der Waals surface area (Å²) in [6, 6.07) is 5.45. The van der Waals surface area contributed by atoms with Crippen LogP contribution in [0.4, 0.5) is 11.4 Å². The van der Waals surface area contributed by atoms with E-state index in [4.69, 9.17) is 4.74 Å². The standard InChI is InChI=1S/C19H24N2O3/c1-13(2)11-21-16-9-8-15(10-17(16)24-12-18(21)22)20-19(23)14-6-4-3-5-7-14/h8-10,14H,1,3-7,11-12H2,2H3,(H,20,23). The second-order valence-corrected chi connectivity index (χ2v) is 6.73. The number of hydrogen-bond donors (Lipinski definition) is 1. The van der Waals surface area contributed by atoms with Gasteiger partial charge >= 0.3 is 0 Å². The monoisotopic (exact) mass is 328 g/mol. The summed E-state index contributed by atoms with van der Waals surface area (Å²) in [6.07, 6.45) is 5.41. The second kappa shape index (κ2) is 7.07. The van der Waals surface area contributed by atoms with Crippen LogP contribution in [0.25, 0.3) is 0 Å². The van der Waals surface area contributed by atoms with Crippen molar-refractivity contribution in [3.05, 3.63) is 30.4 Å². The number of fused-ring (bicyclic) bond motifs is 1. The van der Waals surface area contributed by atoms with Crippen LogP contribution in [0.3, 0.4) is 0 Å². The number of ether oxygens (including phenoxy) is 1. The van der Waals surface area contributed by atoms with Gasteiger partial charge in [-0.15, -0.1) is 0 Å². The van der Waals surface area contributed by atoms with Crippen molar-refractivity contribution in [2.75, 3.05) is 23.4 Å². The molecule has 0 unspecified atom stereocenters. The molecule has 1 aliphatic heterocycles. The molecule has 0 spiro atoms. The maximum Gasteiger partial charge on any atom is 0.265 e. The molecule has 1 fully saturated rings. The van der Waals surface area contributed by atoms with Crippen LogP contribution in [0.5, 0.6) is 5.75 Å². The molecular weight excluding hydrogens is 304 g/mol. The van der Waals surface area contributed by atoms with Crippen molar-refractivity contribution in [1.29, 1.82) is 0 Å². The van der Waals surface area contributed by atoms with Crippen molar-refractivity contribution in [2.24, 2.45) is 5.92 Å². The van der Waals surface area contributed by atoms with Gasteiger partial charge in [-0.05, 0) is 31.9 Å². The van der Waals surface area contributed by atoms with E-state index in [-0.39, 0.29) is 24.3 Å². The molecule has 1 aromatic rings. The maximum absolute atomic E-state index is 12.4. The Labute approximate surface area is 142 Å². The predicted octanol–water partition coefficient (Wildman–Crippen LogP) is 3.51. The smallest absolute Gasteiger partial charge is 0.265 e. The Kier molecular flexibility index (Phi) is 4.88. The van der Waals surface area contributed by atoms with Crippen LogP contribution in [0, 0.1) is 5.92 Å². The van der Waals surface area contributed by atoms with Gasteiger partial charge in [0.05, 0.1) is 5.69 Å². The number of nitrogens with zero attached hydrogens (tertiary/aromatic N) is 1. The highest BCUT2D eigenvalue weighted by Crippen LogP contribution is 2.35. The second-order valence-electron chi connectivity index (χ2n) is 6.73. The van der Waals surface area contributed by atoms with Crippen molar-refractivity contribution in [3.8, 4) is 5.75 Å². The largest absolute Gasteiger partial charge is 0.481 e. The van der Waals surface area contributed by atoms with E-state index in [1.165, 1.54) is 6.42 Å². The third kappa shape index (κ3) is 3.61. The van der Waals surface area contributed by atoms with E-state index in [1.54, 1.807) is 11.0 Å². The summed E-state index contributed by atoms with van der Waals surface area (Å²) in [5.74, 6) is 0.735. The molecule has 0 aromatic heterocycles. The summed E-state index contributed by atoms with van der Waals surface area (Å²) in [5.41, 5.74) is 2.35. The molecule has 1 saturated carbocycles. The van der Waals surface area contributed by atoms with Gasteiger partial charge in [-0.2, -0.15) is 0 Å². The average molecular weight is 328 g/mol. The first-order valence-corrected chi connectivity index (χ1v) is 8.57. The van der Waals surface area contributed by atoms with Gasteiger partial charge in [0.1, 0.15) is 5.75 Å². The number of carbonyl (C=O) groups excluding carboxylic acids is 2. The zero-order chi connectivity index (χ0) is 17.1. The molecule has 0 saturated heterocycles. The highest BCUT2D eigenvalue weighted by atomic mass is 16.5. The maximum atomic E-state index is 12.4. The normalized spacial score (nSPS) is 17.9. The van der Waals surface area contributed by atoms with Gasteiger partial charge in [-0.1, -0.05) is 31.4 Å². The summed E-state index contributed by atoms with van der Waals surface area (Å²) in [4.78, 5) is 26.1. The minimum absolute atomic E-state index is 0.0142. The first kappa shape index (κ1) is 16.6. The Balaban J connectivity index is 1.74. The minimum atomic E-state index is -0.0792. The number of nitrogens with one attached hydrogen (secondary N) is 1. The van der Waals surface area contributed by atoms with Crippen LogP contribution in [-0.2, 0) is 9.59 Å². The zero-order valence-corrected chi connectivity index (χ0v) is 14.1. The number of amides is 2. The number of anilines is 2. The molecule has 5 heteroatoms. The highest BCUT2D eigenvalue weighted by molar-refractivity contribution is 5.99. The highest BCUT2D eigenvalue weighted by Gasteiger charge is 2.26. The fraction of sp³-hybridized carbons (Fsp3) is 0.474. The molecule has 0 bridgehead atoms. The van der Waals surface area contributed by atoms with E-state index in [0.29, 0.717) is 18.0 Å². The van der Waals surface area contributed by atoms with E-state index in [2.05, 4.69) is 11.9 Å². The van der Waals surface area contributed by atoms with Gasteiger partial charge in [0, 0.05) is 24.2 Å². The molecule has 1 heterocycles. The van der Waals surface area contributed by atoms with Crippen LogP contribution in [0.1, 0.15) is 39.0 Å². The molecular formula is C19H24N2O3. The molecule has 0 atom stereocenters. The average Bonchev–Trinajstić information content (AvgIpc) is 2.58. The summed E-state index contributed by atoms with van der Waals surface area (Å²) in [5, 5.41) is 2.99. The van der Waals surface area contributed by atoms with Crippen molar-refractivity contribution in [2.45, 2.75) is 39.0 Å². The molecule has 1 aromatic carbocycles. The molecule has 5 nitrogen and oxygen atoms in total. The Morgan fingerprint density at radius 1 is 1.33 bits per heavy atom. The van der Waals surface area contributed by atoms with Crippen LogP contribution in [0.2, 0.25) is 0 Å². The van der Waals surface area contributed by atoms with Crippen LogP contribution in [-0.4, -0.2) is 25.0 Å². The number of benzene rings is 1. The van der Waals surface area contributed by atoms with Gasteiger partial charge in [0.25, 0.3) is 5.91 Å². The van der Waals surface area contributed by atoms with E-state index in [9.17, 15) is 9.59 Å². The van der Waals surface area contributed by atoms with Crippen molar-refractivity contribution in [1.82, 2.24) is 0 Å². The van der Waals surface area contributed by atoms with E-state index >= 15 is 0 Å². The van der Waals surface area contributed by atoms with Gasteiger partial charge in [0.2, 0.25) is 5.91 Å². The molecule has 24 heavy (non-hydrogen) atoms. The lowest BCUT2D eigenvalue weighted by atomic mass is 9.88. The lowest BCUT2D eigenvalue weighted by molar-refractivity contribution is -0.121. The van der Waals surface area contributed by atoms with Gasteiger partial charge < -0.3 is 15.0 Å². The molecule has 1 N–H and O–H groups in total. The van der Waals surface area contributed by atoms with Crippen LogP contribution in [0.15, 0.2) is 30.4 Å². The fourth-order valence-electron chi connectivity index (χ4n) is 3.33. The van der Waals surface area contributed by atoms with Crippen molar-refractivity contribution >= 4 is 23.2 Å². The van der Waals surface area contributed by atoms with Gasteiger partial charge in [0.15, 0.2) is 6.61 Å². The molecule has 128 valence electrons. The molecule has 0 radical (unpaired) electrons.